The number of furan rings is 1. The van der Waals surface area contributed by atoms with Gasteiger partial charge < -0.3 is 9.32 Å². The first-order valence-corrected chi connectivity index (χ1v) is 8.37. The van der Waals surface area contributed by atoms with Crippen molar-refractivity contribution in [2.75, 3.05) is 13.1 Å². The van der Waals surface area contributed by atoms with Gasteiger partial charge in [-0.1, -0.05) is 0 Å². The second-order valence-electron chi connectivity index (χ2n) is 6.10. The molecule has 4 rings (SSSR count). The molecule has 1 fully saturated rings. The molecular formula is C19H18N4O2. The second-order valence-corrected chi connectivity index (χ2v) is 6.10. The van der Waals surface area contributed by atoms with E-state index in [9.17, 15) is 4.79 Å². The SMILES string of the molecule is O=C(c1ccnc(-c2ccco2)c1)N1CCCC(c2ncccn2)C1. The molecule has 3 aromatic rings. The number of aromatic nitrogens is 3. The summed E-state index contributed by atoms with van der Waals surface area (Å²) in [5, 5.41) is 0. The van der Waals surface area contributed by atoms with Gasteiger partial charge in [0.25, 0.3) is 5.91 Å². The number of carbonyl (C=O) groups excluding carboxylic acids is 1. The van der Waals surface area contributed by atoms with Crippen molar-refractivity contribution >= 4 is 5.91 Å². The van der Waals surface area contributed by atoms with E-state index in [0.717, 1.165) is 25.2 Å². The summed E-state index contributed by atoms with van der Waals surface area (Å²) in [7, 11) is 0. The van der Waals surface area contributed by atoms with Gasteiger partial charge in [0, 0.05) is 43.2 Å². The van der Waals surface area contributed by atoms with Crippen molar-refractivity contribution in [1.29, 1.82) is 0 Å². The van der Waals surface area contributed by atoms with E-state index in [2.05, 4.69) is 15.0 Å². The van der Waals surface area contributed by atoms with Gasteiger partial charge in [0.05, 0.1) is 6.26 Å². The van der Waals surface area contributed by atoms with E-state index in [0.29, 0.717) is 23.6 Å². The lowest BCUT2D eigenvalue weighted by Gasteiger charge is -2.32. The summed E-state index contributed by atoms with van der Waals surface area (Å²) < 4.78 is 5.37. The van der Waals surface area contributed by atoms with Crippen LogP contribution in [0.2, 0.25) is 0 Å². The zero-order valence-electron chi connectivity index (χ0n) is 13.7. The highest BCUT2D eigenvalue weighted by Crippen LogP contribution is 2.26. The average Bonchev–Trinajstić information content (AvgIpc) is 3.23. The summed E-state index contributed by atoms with van der Waals surface area (Å²) >= 11 is 0. The fourth-order valence-corrected chi connectivity index (χ4v) is 3.20. The number of rotatable bonds is 3. The fraction of sp³-hybridized carbons (Fsp3) is 0.263. The van der Waals surface area contributed by atoms with E-state index in [1.165, 1.54) is 0 Å². The highest BCUT2D eigenvalue weighted by Gasteiger charge is 2.27. The van der Waals surface area contributed by atoms with Crippen LogP contribution >= 0.6 is 0 Å². The summed E-state index contributed by atoms with van der Waals surface area (Å²) in [6.07, 6.45) is 8.70. The van der Waals surface area contributed by atoms with Crippen molar-refractivity contribution < 1.29 is 9.21 Å². The van der Waals surface area contributed by atoms with Gasteiger partial charge in [-0.05, 0) is 43.2 Å². The van der Waals surface area contributed by atoms with E-state index in [1.54, 1.807) is 43.1 Å². The standard InChI is InChI=1S/C19H18N4O2/c24-19(14-6-9-20-16(12-14)17-5-2-11-25-17)23-10-1-4-15(13-23)18-21-7-3-8-22-18/h2-3,5-9,11-12,15H,1,4,10,13H2. The Balaban J connectivity index is 1.53. The number of piperidine rings is 1. The van der Waals surface area contributed by atoms with Crippen molar-refractivity contribution in [3.63, 3.8) is 0 Å². The van der Waals surface area contributed by atoms with Crippen LogP contribution < -0.4 is 0 Å². The number of hydrogen-bond acceptors (Lipinski definition) is 5. The van der Waals surface area contributed by atoms with Gasteiger partial charge in [-0.25, -0.2) is 9.97 Å². The molecule has 4 heterocycles. The Morgan fingerprint density at radius 1 is 1.12 bits per heavy atom. The van der Waals surface area contributed by atoms with Crippen LogP contribution in [0.25, 0.3) is 11.5 Å². The third-order valence-electron chi connectivity index (χ3n) is 4.44. The Hall–Kier alpha value is -3.02. The van der Waals surface area contributed by atoms with Crippen LogP contribution in [0.1, 0.15) is 34.9 Å². The molecule has 1 atom stereocenters. The van der Waals surface area contributed by atoms with E-state index < -0.39 is 0 Å². The zero-order valence-corrected chi connectivity index (χ0v) is 13.7. The number of carbonyl (C=O) groups is 1. The summed E-state index contributed by atoms with van der Waals surface area (Å²) in [5.74, 6) is 1.66. The number of nitrogens with zero attached hydrogens (tertiary/aromatic N) is 4. The minimum Gasteiger partial charge on any atom is -0.463 e. The van der Waals surface area contributed by atoms with Crippen LogP contribution in [0.4, 0.5) is 0 Å². The maximum absolute atomic E-state index is 12.9. The molecule has 1 amide bonds. The zero-order chi connectivity index (χ0) is 17.1. The molecule has 6 heteroatoms. The number of pyridine rings is 1. The summed E-state index contributed by atoms with van der Waals surface area (Å²) in [5.41, 5.74) is 1.28. The minimum atomic E-state index is 0.0100. The van der Waals surface area contributed by atoms with E-state index in [-0.39, 0.29) is 11.8 Å². The first-order valence-electron chi connectivity index (χ1n) is 8.37. The highest BCUT2D eigenvalue weighted by atomic mass is 16.3. The Kier molecular flexibility index (Phi) is 4.24. The van der Waals surface area contributed by atoms with Gasteiger partial charge in [0.15, 0.2) is 5.76 Å². The van der Waals surface area contributed by atoms with Crippen molar-refractivity contribution in [2.45, 2.75) is 18.8 Å². The maximum atomic E-state index is 12.9. The Morgan fingerprint density at radius 3 is 2.80 bits per heavy atom. The van der Waals surface area contributed by atoms with Crippen LogP contribution in [-0.2, 0) is 0 Å². The highest BCUT2D eigenvalue weighted by molar-refractivity contribution is 5.95. The number of hydrogen-bond donors (Lipinski definition) is 0. The Labute approximate surface area is 145 Å². The Morgan fingerprint density at radius 2 is 2.00 bits per heavy atom. The largest absolute Gasteiger partial charge is 0.463 e. The summed E-state index contributed by atoms with van der Waals surface area (Å²) in [6.45, 7) is 1.39. The van der Waals surface area contributed by atoms with E-state index in [4.69, 9.17) is 4.42 Å². The molecule has 0 N–H and O–H groups in total. The molecule has 1 aliphatic rings. The molecule has 3 aromatic heterocycles. The molecular weight excluding hydrogens is 316 g/mol. The van der Waals surface area contributed by atoms with Crippen LogP contribution in [0.5, 0.6) is 0 Å². The molecule has 0 spiro atoms. The molecule has 1 unspecified atom stereocenters. The van der Waals surface area contributed by atoms with E-state index >= 15 is 0 Å². The average molecular weight is 334 g/mol. The van der Waals surface area contributed by atoms with E-state index in [1.807, 2.05) is 17.0 Å². The first-order chi connectivity index (χ1) is 12.3. The minimum absolute atomic E-state index is 0.0100. The predicted octanol–water partition coefficient (Wildman–Crippen LogP) is 3.15. The molecule has 1 saturated heterocycles. The third-order valence-corrected chi connectivity index (χ3v) is 4.44. The van der Waals surface area contributed by atoms with Crippen LogP contribution in [-0.4, -0.2) is 38.8 Å². The van der Waals surface area contributed by atoms with Gasteiger partial charge in [0.2, 0.25) is 0 Å². The van der Waals surface area contributed by atoms with Crippen LogP contribution in [0.3, 0.4) is 0 Å². The molecule has 1 aliphatic heterocycles. The lowest BCUT2D eigenvalue weighted by molar-refractivity contribution is 0.0704. The van der Waals surface area contributed by atoms with Crippen LogP contribution in [0, 0.1) is 0 Å². The molecule has 0 bridgehead atoms. The normalized spacial score (nSPS) is 17.4. The van der Waals surface area contributed by atoms with Crippen LogP contribution in [0.15, 0.2) is 59.6 Å². The third kappa shape index (κ3) is 3.28. The van der Waals surface area contributed by atoms with Crippen molar-refractivity contribution in [2.24, 2.45) is 0 Å². The lowest BCUT2D eigenvalue weighted by Crippen LogP contribution is -2.39. The second kappa shape index (κ2) is 6.84. The molecule has 0 aromatic carbocycles. The van der Waals surface area contributed by atoms with Gasteiger partial charge in [-0.15, -0.1) is 0 Å². The quantitative estimate of drug-likeness (QED) is 0.736. The molecule has 25 heavy (non-hydrogen) atoms. The van der Waals surface area contributed by atoms with Gasteiger partial charge >= 0.3 is 0 Å². The monoisotopic (exact) mass is 334 g/mol. The maximum Gasteiger partial charge on any atom is 0.254 e. The van der Waals surface area contributed by atoms with Gasteiger partial charge in [-0.3, -0.25) is 9.78 Å². The topological polar surface area (TPSA) is 72.1 Å². The van der Waals surface area contributed by atoms with Crippen molar-refractivity contribution in [3.05, 3.63) is 66.6 Å². The molecule has 126 valence electrons. The number of likely N-dealkylation sites (tertiary alicyclic amines) is 1. The lowest BCUT2D eigenvalue weighted by atomic mass is 9.96. The summed E-state index contributed by atoms with van der Waals surface area (Å²) in [6, 6.07) is 8.98. The van der Waals surface area contributed by atoms with Crippen molar-refractivity contribution in [1.82, 2.24) is 19.9 Å². The Bertz CT molecular complexity index is 849. The smallest absolute Gasteiger partial charge is 0.254 e. The molecule has 6 nitrogen and oxygen atoms in total. The van der Waals surface area contributed by atoms with Gasteiger partial charge in [-0.2, -0.15) is 0 Å². The van der Waals surface area contributed by atoms with Crippen molar-refractivity contribution in [3.8, 4) is 11.5 Å². The number of amides is 1. The summed E-state index contributed by atoms with van der Waals surface area (Å²) in [4.78, 5) is 27.8. The molecule has 0 aliphatic carbocycles. The molecule has 0 radical (unpaired) electrons. The fourth-order valence-electron chi connectivity index (χ4n) is 3.20. The predicted molar refractivity (Wildman–Crippen MR) is 91.8 cm³/mol. The van der Waals surface area contributed by atoms with Gasteiger partial charge in [0.1, 0.15) is 11.5 Å². The first kappa shape index (κ1) is 15.5. The molecule has 0 saturated carbocycles.